The minimum absolute atomic E-state index is 0.371. The van der Waals surface area contributed by atoms with Crippen molar-refractivity contribution in [2.24, 2.45) is 5.73 Å². The zero-order valence-corrected chi connectivity index (χ0v) is 13.3. The topological polar surface area (TPSA) is 78.6 Å². The molecular weight excluding hydrogens is 282 g/mol. The van der Waals surface area contributed by atoms with Crippen LogP contribution in [-0.4, -0.2) is 23.8 Å². The van der Waals surface area contributed by atoms with E-state index in [1.54, 1.807) is 20.8 Å². The summed E-state index contributed by atoms with van der Waals surface area (Å²) in [5.74, 6) is -0.627. The molecule has 5 heteroatoms. The van der Waals surface area contributed by atoms with Crippen molar-refractivity contribution in [2.45, 2.75) is 57.1 Å². The number of ether oxygens (including phenoxy) is 2. The van der Waals surface area contributed by atoms with Gasteiger partial charge in [-0.05, 0) is 39.2 Å². The minimum atomic E-state index is -0.980. The summed E-state index contributed by atoms with van der Waals surface area (Å²) in [6.45, 7) is 5.15. The zero-order valence-electron chi connectivity index (χ0n) is 13.3. The minimum Gasteiger partial charge on any atom is -0.428 e. The number of rotatable bonds is 2. The van der Waals surface area contributed by atoms with Gasteiger partial charge >= 0.3 is 12.1 Å². The standard InChI is InChI=1S/C17H23NO4/c1-16(2,3)22-15(20)21-14(19)17(11-7-10-13(17)18)12-8-5-4-6-9-12/h4-6,8-9,13H,7,10-11,18H2,1-3H3. The highest BCUT2D eigenvalue weighted by molar-refractivity contribution is 5.91. The summed E-state index contributed by atoms with van der Waals surface area (Å²) in [4.78, 5) is 24.5. The fraction of sp³-hybridized carbons (Fsp3) is 0.529. The van der Waals surface area contributed by atoms with Crippen molar-refractivity contribution >= 4 is 12.1 Å². The summed E-state index contributed by atoms with van der Waals surface area (Å²) in [5, 5.41) is 0. The highest BCUT2D eigenvalue weighted by Crippen LogP contribution is 2.41. The second kappa shape index (κ2) is 6.08. The first-order valence-electron chi connectivity index (χ1n) is 7.52. The quantitative estimate of drug-likeness (QED) is 0.671. The van der Waals surface area contributed by atoms with Crippen LogP contribution in [0.4, 0.5) is 4.79 Å². The van der Waals surface area contributed by atoms with E-state index in [-0.39, 0.29) is 6.04 Å². The maximum atomic E-state index is 12.7. The Morgan fingerprint density at radius 3 is 2.36 bits per heavy atom. The second-order valence-electron chi connectivity index (χ2n) is 6.69. The number of carbonyl (C=O) groups is 2. The Labute approximate surface area is 130 Å². The van der Waals surface area contributed by atoms with Crippen molar-refractivity contribution in [1.29, 1.82) is 0 Å². The first kappa shape index (κ1) is 16.5. The Morgan fingerprint density at radius 2 is 1.86 bits per heavy atom. The Bertz CT molecular complexity index is 550. The third-order valence-electron chi connectivity index (χ3n) is 3.94. The molecular formula is C17H23NO4. The number of esters is 1. The highest BCUT2D eigenvalue weighted by Gasteiger charge is 2.51. The van der Waals surface area contributed by atoms with Crippen LogP contribution < -0.4 is 5.73 Å². The lowest BCUT2D eigenvalue weighted by atomic mass is 9.76. The van der Waals surface area contributed by atoms with Gasteiger partial charge in [0.05, 0.1) is 0 Å². The van der Waals surface area contributed by atoms with E-state index in [0.717, 1.165) is 18.4 Å². The Morgan fingerprint density at radius 1 is 1.23 bits per heavy atom. The second-order valence-corrected chi connectivity index (χ2v) is 6.69. The van der Waals surface area contributed by atoms with E-state index in [2.05, 4.69) is 0 Å². The van der Waals surface area contributed by atoms with Crippen LogP contribution in [0.15, 0.2) is 30.3 Å². The fourth-order valence-corrected chi connectivity index (χ4v) is 2.94. The van der Waals surface area contributed by atoms with Gasteiger partial charge in [-0.1, -0.05) is 36.8 Å². The summed E-state index contributed by atoms with van der Waals surface area (Å²) in [6, 6.07) is 8.90. The van der Waals surface area contributed by atoms with E-state index in [9.17, 15) is 9.59 Å². The molecule has 2 rings (SSSR count). The van der Waals surface area contributed by atoms with Crippen LogP contribution in [0.2, 0.25) is 0 Å². The number of carbonyl (C=O) groups excluding carboxylic acids is 2. The summed E-state index contributed by atoms with van der Waals surface area (Å²) in [6.07, 6.45) is 1.13. The Balaban J connectivity index is 2.24. The van der Waals surface area contributed by atoms with Crippen LogP contribution in [0.5, 0.6) is 0 Å². The van der Waals surface area contributed by atoms with Gasteiger partial charge in [0.1, 0.15) is 11.0 Å². The number of hydrogen-bond donors (Lipinski definition) is 1. The Hall–Kier alpha value is -1.88. The van der Waals surface area contributed by atoms with Gasteiger partial charge < -0.3 is 15.2 Å². The zero-order chi connectivity index (χ0) is 16.4. The third-order valence-corrected chi connectivity index (χ3v) is 3.94. The number of benzene rings is 1. The maximum Gasteiger partial charge on any atom is 0.516 e. The van der Waals surface area contributed by atoms with Crippen molar-refractivity contribution in [1.82, 2.24) is 0 Å². The predicted octanol–water partition coefficient (Wildman–Crippen LogP) is 2.91. The first-order chi connectivity index (χ1) is 10.3. The van der Waals surface area contributed by atoms with Crippen LogP contribution >= 0.6 is 0 Å². The molecule has 0 radical (unpaired) electrons. The van der Waals surface area contributed by atoms with Crippen LogP contribution in [-0.2, 0) is 19.7 Å². The molecule has 2 atom stereocenters. The van der Waals surface area contributed by atoms with Crippen LogP contribution in [0, 0.1) is 0 Å². The van der Waals surface area contributed by atoms with Crippen molar-refractivity contribution in [3.8, 4) is 0 Å². The molecule has 1 saturated carbocycles. The van der Waals surface area contributed by atoms with Gasteiger partial charge in [-0.2, -0.15) is 0 Å². The van der Waals surface area contributed by atoms with Gasteiger partial charge in [-0.25, -0.2) is 4.79 Å². The van der Waals surface area contributed by atoms with E-state index in [1.807, 2.05) is 30.3 Å². The van der Waals surface area contributed by atoms with Crippen molar-refractivity contribution < 1.29 is 19.1 Å². The molecule has 2 unspecified atom stereocenters. The monoisotopic (exact) mass is 305 g/mol. The molecule has 5 nitrogen and oxygen atoms in total. The van der Waals surface area contributed by atoms with Gasteiger partial charge in [0, 0.05) is 6.04 Å². The molecule has 0 aliphatic heterocycles. The lowest BCUT2D eigenvalue weighted by molar-refractivity contribution is -0.148. The molecule has 0 spiro atoms. The molecule has 0 bridgehead atoms. The summed E-state index contributed by atoms with van der Waals surface area (Å²) in [5.41, 5.74) is 5.30. The van der Waals surface area contributed by atoms with Crippen molar-refractivity contribution in [2.75, 3.05) is 0 Å². The summed E-state index contributed by atoms with van der Waals surface area (Å²) < 4.78 is 10.0. The summed E-state index contributed by atoms with van der Waals surface area (Å²) in [7, 11) is 0. The molecule has 0 amide bonds. The van der Waals surface area contributed by atoms with Gasteiger partial charge in [-0.15, -0.1) is 0 Å². The molecule has 0 saturated heterocycles. The smallest absolute Gasteiger partial charge is 0.428 e. The average molecular weight is 305 g/mol. The number of nitrogens with two attached hydrogens (primary N) is 1. The van der Waals surface area contributed by atoms with Crippen molar-refractivity contribution in [3.63, 3.8) is 0 Å². The molecule has 120 valence electrons. The maximum absolute atomic E-state index is 12.7. The molecule has 0 heterocycles. The highest BCUT2D eigenvalue weighted by atomic mass is 16.7. The van der Waals surface area contributed by atoms with Crippen LogP contribution in [0.3, 0.4) is 0 Å². The molecule has 1 aromatic rings. The van der Waals surface area contributed by atoms with Crippen LogP contribution in [0.1, 0.15) is 45.6 Å². The molecule has 1 aromatic carbocycles. The van der Waals surface area contributed by atoms with E-state index in [1.165, 1.54) is 0 Å². The molecule has 0 aromatic heterocycles. The largest absolute Gasteiger partial charge is 0.516 e. The fourth-order valence-electron chi connectivity index (χ4n) is 2.94. The predicted molar refractivity (Wildman–Crippen MR) is 82.3 cm³/mol. The van der Waals surface area contributed by atoms with E-state index < -0.39 is 23.1 Å². The van der Waals surface area contributed by atoms with E-state index >= 15 is 0 Å². The Kier molecular flexibility index (Phi) is 4.56. The first-order valence-corrected chi connectivity index (χ1v) is 7.52. The normalized spacial score (nSPS) is 24.8. The van der Waals surface area contributed by atoms with Crippen LogP contribution in [0.25, 0.3) is 0 Å². The summed E-state index contributed by atoms with van der Waals surface area (Å²) >= 11 is 0. The number of hydrogen-bond acceptors (Lipinski definition) is 5. The van der Waals surface area contributed by atoms with Gasteiger partial charge in [-0.3, -0.25) is 4.79 Å². The third kappa shape index (κ3) is 3.30. The molecule has 1 fully saturated rings. The van der Waals surface area contributed by atoms with E-state index in [0.29, 0.717) is 6.42 Å². The molecule has 1 aliphatic rings. The lowest BCUT2D eigenvalue weighted by Gasteiger charge is -2.31. The molecule has 1 aliphatic carbocycles. The lowest BCUT2D eigenvalue weighted by Crippen LogP contribution is -2.49. The van der Waals surface area contributed by atoms with Gasteiger partial charge in [0.25, 0.3) is 0 Å². The van der Waals surface area contributed by atoms with Crippen molar-refractivity contribution in [3.05, 3.63) is 35.9 Å². The average Bonchev–Trinajstić information content (AvgIpc) is 2.80. The van der Waals surface area contributed by atoms with Gasteiger partial charge in [0.2, 0.25) is 0 Å². The van der Waals surface area contributed by atoms with Gasteiger partial charge in [0.15, 0.2) is 0 Å². The molecule has 22 heavy (non-hydrogen) atoms. The van der Waals surface area contributed by atoms with E-state index in [4.69, 9.17) is 15.2 Å². The molecule has 2 N–H and O–H groups in total. The SMILES string of the molecule is CC(C)(C)OC(=O)OC(=O)C1(c2ccccc2)CCCC1N.